The highest BCUT2D eigenvalue weighted by atomic mass is 19.1. The van der Waals surface area contributed by atoms with Crippen molar-refractivity contribution in [3.8, 4) is 28.3 Å². The number of H-pyrrole nitrogens is 1. The molecule has 1 aliphatic rings. The van der Waals surface area contributed by atoms with Gasteiger partial charge in [-0.2, -0.15) is 9.37 Å². The first kappa shape index (κ1) is 21.1. The Hall–Kier alpha value is -3.78. The predicted molar refractivity (Wildman–Crippen MR) is 127 cm³/mol. The minimum absolute atomic E-state index is 0.00875. The smallest absolute Gasteiger partial charge is 0.255 e. The zero-order valence-corrected chi connectivity index (χ0v) is 18.6. The summed E-state index contributed by atoms with van der Waals surface area (Å²) in [4.78, 5) is 25.5. The number of hydrogen-bond donors (Lipinski definition) is 2. The number of ether oxygens (including phenoxy) is 1. The number of aromatic amines is 1. The van der Waals surface area contributed by atoms with Crippen LogP contribution in [0.3, 0.4) is 0 Å². The molecule has 4 aromatic rings. The second-order valence-corrected chi connectivity index (χ2v) is 8.53. The number of aromatic nitrogens is 3. The zero-order valence-electron chi connectivity index (χ0n) is 18.6. The van der Waals surface area contributed by atoms with Gasteiger partial charge >= 0.3 is 0 Å². The number of aryl methyl sites for hydroxylation is 1. The Bertz CT molecular complexity index is 1450. The number of fused-ring (bicyclic) bond motifs is 2. The van der Waals surface area contributed by atoms with Crippen molar-refractivity contribution in [1.29, 1.82) is 0 Å². The number of halogens is 1. The van der Waals surface area contributed by atoms with Gasteiger partial charge < -0.3 is 20.4 Å². The molecule has 0 bridgehead atoms. The van der Waals surface area contributed by atoms with Gasteiger partial charge in [0.25, 0.3) is 5.56 Å². The minimum atomic E-state index is -0.734. The molecule has 1 unspecified atom stereocenters. The fraction of sp³-hybridized carbons (Fsp3) is 0.240. The lowest BCUT2D eigenvalue weighted by atomic mass is 9.96. The van der Waals surface area contributed by atoms with E-state index in [9.17, 15) is 9.18 Å². The maximum absolute atomic E-state index is 14.9. The Morgan fingerprint density at radius 2 is 1.85 bits per heavy atom. The molecule has 168 valence electrons. The molecule has 0 saturated carbocycles. The summed E-state index contributed by atoms with van der Waals surface area (Å²) in [5, 5.41) is 1.35. The van der Waals surface area contributed by atoms with Crippen molar-refractivity contribution in [3.05, 3.63) is 70.0 Å². The van der Waals surface area contributed by atoms with Crippen LogP contribution in [0.1, 0.15) is 23.6 Å². The van der Waals surface area contributed by atoms with Gasteiger partial charge in [0.15, 0.2) is 5.82 Å². The van der Waals surface area contributed by atoms with Crippen LogP contribution in [0.5, 0.6) is 5.75 Å². The first-order valence-electron chi connectivity index (χ1n) is 10.7. The number of anilines is 1. The lowest BCUT2D eigenvalue weighted by Crippen LogP contribution is -2.26. The highest BCUT2D eigenvalue weighted by molar-refractivity contribution is 5.90. The van der Waals surface area contributed by atoms with Crippen LogP contribution in [0, 0.1) is 12.9 Å². The minimum Gasteiger partial charge on any atom is -0.493 e. The number of nitrogens with two attached hydrogens (primary N) is 1. The van der Waals surface area contributed by atoms with E-state index in [4.69, 9.17) is 10.5 Å². The van der Waals surface area contributed by atoms with Crippen LogP contribution in [-0.2, 0) is 0 Å². The van der Waals surface area contributed by atoms with E-state index < -0.39 is 5.95 Å². The number of benzene rings is 2. The van der Waals surface area contributed by atoms with E-state index in [1.165, 1.54) is 0 Å². The van der Waals surface area contributed by atoms with Crippen molar-refractivity contribution in [2.45, 2.75) is 19.4 Å². The fourth-order valence-electron chi connectivity index (χ4n) is 4.43. The van der Waals surface area contributed by atoms with Gasteiger partial charge in [-0.05, 0) is 62.3 Å². The fourth-order valence-corrected chi connectivity index (χ4v) is 4.43. The summed E-state index contributed by atoms with van der Waals surface area (Å²) in [5.41, 5.74) is 9.55. The molecule has 1 aliphatic heterocycles. The van der Waals surface area contributed by atoms with Crippen LogP contribution in [0.25, 0.3) is 33.3 Å². The number of rotatable bonds is 3. The summed E-state index contributed by atoms with van der Waals surface area (Å²) in [6, 6.07) is 11.0. The largest absolute Gasteiger partial charge is 0.493 e. The Kier molecular flexibility index (Phi) is 5.09. The molecule has 3 N–H and O–H groups in total. The number of pyridine rings is 1. The highest BCUT2D eigenvalue weighted by Crippen LogP contribution is 2.38. The van der Waals surface area contributed by atoms with Crippen LogP contribution < -0.4 is 16.0 Å². The van der Waals surface area contributed by atoms with Crippen molar-refractivity contribution in [3.63, 3.8) is 0 Å². The molecule has 0 spiro atoms. The summed E-state index contributed by atoms with van der Waals surface area (Å²) >= 11 is 0. The SMILES string of the molecule is Cc1c[nH]c(=O)c2ccc(-c3nc(-c4ccc5c(c4)C(N(C)C)CCO5)c(F)nc3N)cc12. The van der Waals surface area contributed by atoms with Gasteiger partial charge in [-0.25, -0.2) is 4.98 Å². The molecule has 0 saturated heterocycles. The molecular weight excluding hydrogens is 421 g/mol. The molecule has 1 atom stereocenters. The molecule has 3 heterocycles. The summed E-state index contributed by atoms with van der Waals surface area (Å²) in [6.07, 6.45) is 2.51. The van der Waals surface area contributed by atoms with Gasteiger partial charge in [-0.3, -0.25) is 4.79 Å². The standard InChI is InChI=1S/C25H24FN5O2/c1-13-12-28-25(32)16-6-4-15(10-17(13)16)22-24(27)30-23(26)21(29-22)14-5-7-20-18(11-14)19(31(2)3)8-9-33-20/h4-7,10-12,19H,8-9H2,1-3H3,(H2,27,30)(H,28,32). The topological polar surface area (TPSA) is 97.1 Å². The Morgan fingerprint density at radius 1 is 1.09 bits per heavy atom. The first-order valence-corrected chi connectivity index (χ1v) is 10.7. The summed E-state index contributed by atoms with van der Waals surface area (Å²) in [6.45, 7) is 2.54. The third-order valence-electron chi connectivity index (χ3n) is 6.18. The second kappa shape index (κ2) is 7.97. The third kappa shape index (κ3) is 3.62. The maximum Gasteiger partial charge on any atom is 0.255 e. The highest BCUT2D eigenvalue weighted by Gasteiger charge is 2.25. The van der Waals surface area contributed by atoms with Gasteiger partial charge in [0.05, 0.1) is 6.61 Å². The van der Waals surface area contributed by atoms with Crippen LogP contribution in [0.2, 0.25) is 0 Å². The van der Waals surface area contributed by atoms with Gasteiger partial charge in [0, 0.05) is 40.7 Å². The summed E-state index contributed by atoms with van der Waals surface area (Å²) < 4.78 is 20.7. The monoisotopic (exact) mass is 445 g/mol. The molecular formula is C25H24FN5O2. The van der Waals surface area contributed by atoms with Crippen molar-refractivity contribution >= 4 is 16.6 Å². The van der Waals surface area contributed by atoms with Crippen molar-refractivity contribution < 1.29 is 9.13 Å². The average molecular weight is 445 g/mol. The molecule has 8 heteroatoms. The van der Waals surface area contributed by atoms with Crippen molar-refractivity contribution in [2.75, 3.05) is 26.4 Å². The van der Waals surface area contributed by atoms with E-state index in [0.29, 0.717) is 28.8 Å². The normalized spacial score (nSPS) is 15.5. The molecule has 0 fully saturated rings. The Morgan fingerprint density at radius 3 is 2.64 bits per heavy atom. The van der Waals surface area contributed by atoms with E-state index >= 15 is 0 Å². The predicted octanol–water partition coefficient (Wildman–Crippen LogP) is 4.07. The Balaban J connectivity index is 1.65. The van der Waals surface area contributed by atoms with Gasteiger partial charge in [-0.1, -0.05) is 6.07 Å². The zero-order chi connectivity index (χ0) is 23.3. The lowest BCUT2D eigenvalue weighted by Gasteiger charge is -2.31. The number of nitrogen functional groups attached to an aromatic ring is 1. The van der Waals surface area contributed by atoms with E-state index in [0.717, 1.165) is 28.7 Å². The molecule has 5 rings (SSSR count). The molecule has 0 amide bonds. The summed E-state index contributed by atoms with van der Waals surface area (Å²) in [7, 11) is 4.03. The van der Waals surface area contributed by atoms with E-state index in [1.807, 2.05) is 39.2 Å². The van der Waals surface area contributed by atoms with Gasteiger partial charge in [0.2, 0.25) is 5.95 Å². The van der Waals surface area contributed by atoms with E-state index in [-0.39, 0.29) is 23.1 Å². The number of hydrogen-bond acceptors (Lipinski definition) is 6. The van der Waals surface area contributed by atoms with Crippen LogP contribution >= 0.6 is 0 Å². The molecule has 0 radical (unpaired) electrons. The number of nitrogens with one attached hydrogen (secondary N) is 1. The van der Waals surface area contributed by atoms with Crippen LogP contribution in [-0.4, -0.2) is 40.6 Å². The maximum atomic E-state index is 14.9. The van der Waals surface area contributed by atoms with E-state index in [2.05, 4.69) is 19.9 Å². The lowest BCUT2D eigenvalue weighted by molar-refractivity contribution is 0.190. The van der Waals surface area contributed by atoms with E-state index in [1.54, 1.807) is 24.4 Å². The molecule has 2 aromatic carbocycles. The van der Waals surface area contributed by atoms with Crippen molar-refractivity contribution in [1.82, 2.24) is 19.9 Å². The second-order valence-electron chi connectivity index (χ2n) is 8.53. The molecule has 7 nitrogen and oxygen atoms in total. The Labute approximate surface area is 190 Å². The molecule has 0 aliphatic carbocycles. The quantitative estimate of drug-likeness (QED) is 0.494. The third-order valence-corrected chi connectivity index (χ3v) is 6.18. The first-order chi connectivity index (χ1) is 15.8. The average Bonchev–Trinajstić information content (AvgIpc) is 2.80. The molecule has 33 heavy (non-hydrogen) atoms. The number of nitrogens with zero attached hydrogens (tertiary/aromatic N) is 3. The molecule has 2 aromatic heterocycles. The summed E-state index contributed by atoms with van der Waals surface area (Å²) in [5.74, 6) is 0.0521. The van der Waals surface area contributed by atoms with Crippen LogP contribution in [0.4, 0.5) is 10.2 Å². The van der Waals surface area contributed by atoms with Crippen molar-refractivity contribution in [2.24, 2.45) is 0 Å². The van der Waals surface area contributed by atoms with Gasteiger partial charge in [0.1, 0.15) is 17.1 Å². The van der Waals surface area contributed by atoms with Gasteiger partial charge in [-0.15, -0.1) is 0 Å². The van der Waals surface area contributed by atoms with Crippen LogP contribution in [0.15, 0.2) is 47.4 Å².